The normalized spacial score (nSPS) is 12.3. The molecule has 1 N–H and O–H groups in total. The summed E-state index contributed by atoms with van der Waals surface area (Å²) in [7, 11) is -4.72. The number of benzene rings is 1. The summed E-state index contributed by atoms with van der Waals surface area (Å²) in [5, 5.41) is 9.07. The van der Waals surface area contributed by atoms with Gasteiger partial charge in [-0.3, -0.25) is 0 Å². The van der Waals surface area contributed by atoms with Gasteiger partial charge in [-0.05, 0) is 17.7 Å². The van der Waals surface area contributed by atoms with Gasteiger partial charge < -0.3 is 9.66 Å². The second-order valence-corrected chi connectivity index (χ2v) is 4.04. The molecule has 74 valence electrons. The maximum Gasteiger partial charge on any atom is 1.00 e. The molecule has 15 heavy (non-hydrogen) atoms. The minimum absolute atomic E-state index is 0. The predicted octanol–water partition coefficient (Wildman–Crippen LogP) is -2.79. The second-order valence-electron chi connectivity index (χ2n) is 2.61. The number of aliphatic hydroxyl groups is 1. The average Bonchev–Trinajstić information content (AvgIpc) is 2.15. The molecule has 0 saturated carbocycles. The Morgan fingerprint density at radius 2 is 1.80 bits per heavy atom. The summed E-state index contributed by atoms with van der Waals surface area (Å²) < 4.78 is 31.3. The Morgan fingerprint density at radius 3 is 2.13 bits per heavy atom. The molecule has 0 spiro atoms. The molecular weight excluding hydrogens is 227 g/mol. The van der Waals surface area contributed by atoms with Crippen LogP contribution in [0.1, 0.15) is 16.6 Å². The molecule has 1 unspecified atom stereocenters. The topological polar surface area (TPSA) is 77.4 Å². The Morgan fingerprint density at radius 1 is 1.33 bits per heavy atom. The summed E-state index contributed by atoms with van der Waals surface area (Å²) in [6.45, 7) is 0. The molecule has 0 aliphatic carbocycles. The molecule has 1 rings (SSSR count). The number of hydrogen-bond donors (Lipinski definition) is 1. The third-order valence-electron chi connectivity index (χ3n) is 1.64. The summed E-state index contributed by atoms with van der Waals surface area (Å²) in [4.78, 5) is 0. The van der Waals surface area contributed by atoms with E-state index in [1.54, 1.807) is 0 Å². The maximum atomic E-state index is 10.4. The summed E-state index contributed by atoms with van der Waals surface area (Å²) in [6.07, 6.45) is 5.07. The van der Waals surface area contributed by atoms with E-state index in [9.17, 15) is 13.0 Å². The van der Waals surface area contributed by atoms with Crippen molar-refractivity contribution in [3.8, 4) is 12.3 Å². The van der Waals surface area contributed by atoms with Crippen molar-refractivity contribution < 1.29 is 47.6 Å². The molecule has 6 heteroatoms. The van der Waals surface area contributed by atoms with Crippen LogP contribution in [-0.4, -0.2) is 18.1 Å². The van der Waals surface area contributed by atoms with E-state index in [-0.39, 0.29) is 35.1 Å². The van der Waals surface area contributed by atoms with Crippen molar-refractivity contribution >= 4 is 10.1 Å². The van der Waals surface area contributed by atoms with Gasteiger partial charge in [-0.25, -0.2) is 8.42 Å². The fourth-order valence-electron chi connectivity index (χ4n) is 0.911. The first kappa shape index (κ1) is 14.6. The summed E-state index contributed by atoms with van der Waals surface area (Å²) in [5.74, 6) is 2.32. The number of aliphatic hydroxyl groups excluding tert-OH is 1. The summed E-state index contributed by atoms with van der Waals surface area (Å²) in [5.41, 5.74) is -1.47. The van der Waals surface area contributed by atoms with Crippen LogP contribution in [0.2, 0.25) is 0 Å². The molecule has 0 aliphatic heterocycles. The quantitative estimate of drug-likeness (QED) is 0.341. The van der Waals surface area contributed by atoms with Crippen molar-refractivity contribution in [2.45, 2.75) is 5.44 Å². The average molecular weight is 234 g/mol. The molecule has 0 amide bonds. The zero-order valence-corrected chi connectivity index (χ0v) is 10.9. The van der Waals surface area contributed by atoms with E-state index in [2.05, 4.69) is 5.92 Å². The Hall–Kier alpha value is -0.350. The molecule has 0 saturated heterocycles. The van der Waals surface area contributed by atoms with E-state index >= 15 is 0 Å². The molecule has 1 aromatic carbocycles. The van der Waals surface area contributed by atoms with Crippen molar-refractivity contribution in [1.29, 1.82) is 0 Å². The van der Waals surface area contributed by atoms with E-state index < -0.39 is 15.6 Å². The smallest absolute Gasteiger partial charge is 0.746 e. The molecule has 4 nitrogen and oxygen atoms in total. The van der Waals surface area contributed by atoms with Crippen LogP contribution in [0.5, 0.6) is 0 Å². The van der Waals surface area contributed by atoms with Crippen molar-refractivity contribution in [2.24, 2.45) is 0 Å². The predicted molar refractivity (Wildman–Crippen MR) is 49.0 cm³/mol. The zero-order valence-electron chi connectivity index (χ0n) is 8.04. The Labute approximate surface area is 110 Å². The Balaban J connectivity index is 0.00000196. The van der Waals surface area contributed by atoms with Crippen molar-refractivity contribution in [3.05, 3.63) is 35.4 Å². The van der Waals surface area contributed by atoms with E-state index in [0.717, 1.165) is 0 Å². The molecule has 0 fully saturated rings. The first-order chi connectivity index (χ1) is 6.45. The third-order valence-corrected chi connectivity index (χ3v) is 2.45. The van der Waals surface area contributed by atoms with Crippen LogP contribution in [0.25, 0.3) is 0 Å². The zero-order chi connectivity index (χ0) is 10.8. The van der Waals surface area contributed by atoms with Crippen molar-refractivity contribution in [2.75, 3.05) is 0 Å². The molecule has 0 radical (unpaired) electrons. The van der Waals surface area contributed by atoms with Gasteiger partial charge in [0.15, 0.2) is 5.44 Å². The Bertz CT molecular complexity index is 458. The van der Waals surface area contributed by atoms with Gasteiger partial charge in [-0.15, -0.1) is 6.42 Å². The van der Waals surface area contributed by atoms with Gasteiger partial charge in [-0.1, -0.05) is 18.1 Å². The van der Waals surface area contributed by atoms with Gasteiger partial charge in [-0.2, -0.15) is 0 Å². The fraction of sp³-hybridized carbons (Fsp3) is 0.111. The number of rotatable bonds is 2. The van der Waals surface area contributed by atoms with Crippen LogP contribution >= 0.6 is 0 Å². The van der Waals surface area contributed by atoms with Crippen LogP contribution in [0.4, 0.5) is 0 Å². The number of terminal acetylenes is 1. The standard InChI is InChI=1S/C9H8O4S.Na/c1-2-7-3-5-8(6-4-7)9(10)14(11,12)13;/h1,3-6,9-10H,(H,11,12,13);/q;+1/p-1. The van der Waals surface area contributed by atoms with Gasteiger partial charge in [0.25, 0.3) is 0 Å². The molecule has 0 aliphatic rings. The van der Waals surface area contributed by atoms with Gasteiger partial charge in [0.1, 0.15) is 10.1 Å². The fourth-order valence-corrected chi connectivity index (χ4v) is 1.40. The molecule has 1 aromatic rings. The van der Waals surface area contributed by atoms with Gasteiger partial charge >= 0.3 is 29.6 Å². The minimum Gasteiger partial charge on any atom is -0.746 e. The third kappa shape index (κ3) is 3.95. The summed E-state index contributed by atoms with van der Waals surface area (Å²) in [6, 6.07) is 5.50. The summed E-state index contributed by atoms with van der Waals surface area (Å²) >= 11 is 0. The Kier molecular flexibility index (Phi) is 5.53. The second kappa shape index (κ2) is 5.66. The van der Waals surface area contributed by atoms with Crippen LogP contribution in [0.3, 0.4) is 0 Å². The van der Waals surface area contributed by atoms with Gasteiger partial charge in [0, 0.05) is 5.56 Å². The molecular formula is C9H7NaO4S. The van der Waals surface area contributed by atoms with Crippen LogP contribution < -0.4 is 29.6 Å². The number of hydrogen-bond acceptors (Lipinski definition) is 4. The van der Waals surface area contributed by atoms with Gasteiger partial charge in [0.05, 0.1) is 0 Å². The van der Waals surface area contributed by atoms with Gasteiger partial charge in [0.2, 0.25) is 0 Å². The molecule has 0 heterocycles. The van der Waals surface area contributed by atoms with Crippen molar-refractivity contribution in [1.82, 2.24) is 0 Å². The van der Waals surface area contributed by atoms with E-state index in [0.29, 0.717) is 5.56 Å². The SMILES string of the molecule is C#Cc1ccc(C(O)S(=O)(=O)[O-])cc1.[Na+]. The first-order valence-electron chi connectivity index (χ1n) is 3.64. The molecule has 0 aromatic heterocycles. The van der Waals surface area contributed by atoms with E-state index in [1.165, 1.54) is 24.3 Å². The van der Waals surface area contributed by atoms with E-state index in [1.807, 2.05) is 0 Å². The molecule has 1 atom stereocenters. The monoisotopic (exact) mass is 234 g/mol. The van der Waals surface area contributed by atoms with Crippen LogP contribution in [0.15, 0.2) is 24.3 Å². The van der Waals surface area contributed by atoms with E-state index in [4.69, 9.17) is 11.5 Å². The van der Waals surface area contributed by atoms with Crippen LogP contribution in [-0.2, 0) is 10.1 Å². The maximum absolute atomic E-state index is 10.4. The minimum atomic E-state index is -4.72. The largest absolute Gasteiger partial charge is 1.00 e. The van der Waals surface area contributed by atoms with Crippen molar-refractivity contribution in [3.63, 3.8) is 0 Å². The van der Waals surface area contributed by atoms with Crippen LogP contribution in [0, 0.1) is 12.3 Å². The first-order valence-corrected chi connectivity index (χ1v) is 5.11. The molecule has 0 bridgehead atoms.